The van der Waals surface area contributed by atoms with E-state index in [-0.39, 0.29) is 17.2 Å². The number of aliphatic hydroxyl groups excluding tert-OH is 1. The zero-order valence-electron chi connectivity index (χ0n) is 17.1. The van der Waals surface area contributed by atoms with Crippen LogP contribution in [-0.2, 0) is 14.4 Å². The first-order valence-electron chi connectivity index (χ1n) is 9.86. The molecule has 1 aliphatic heterocycles. The van der Waals surface area contributed by atoms with Crippen LogP contribution >= 0.6 is 11.6 Å². The van der Waals surface area contributed by atoms with Gasteiger partial charge in [-0.1, -0.05) is 41.9 Å². The third-order valence-corrected chi connectivity index (χ3v) is 5.40. The number of hydrogen-bond acceptors (Lipinski definition) is 4. The van der Waals surface area contributed by atoms with Crippen molar-refractivity contribution in [2.45, 2.75) is 13.0 Å². The highest BCUT2D eigenvalue weighted by Crippen LogP contribution is 2.42. The Kier molecular flexibility index (Phi) is 5.79. The fraction of sp³-hybridized carbons (Fsp3) is 0.0800. The van der Waals surface area contributed by atoms with E-state index in [9.17, 15) is 19.5 Å². The van der Waals surface area contributed by atoms with Crippen molar-refractivity contribution in [3.8, 4) is 0 Å². The normalized spacial score (nSPS) is 17.4. The molecular weight excluding hydrogens is 428 g/mol. The summed E-state index contributed by atoms with van der Waals surface area (Å²) >= 11 is 5.95. The van der Waals surface area contributed by atoms with E-state index in [1.165, 1.54) is 11.8 Å². The first-order chi connectivity index (χ1) is 15.4. The first kappa shape index (κ1) is 21.3. The Balaban J connectivity index is 1.85. The summed E-state index contributed by atoms with van der Waals surface area (Å²) in [5, 5.41) is 14.2. The lowest BCUT2D eigenvalue weighted by Gasteiger charge is -2.25. The number of nitrogens with zero attached hydrogens (tertiary/aromatic N) is 1. The molecule has 0 radical (unpaired) electrons. The molecule has 1 heterocycles. The highest BCUT2D eigenvalue weighted by Gasteiger charge is 2.46. The summed E-state index contributed by atoms with van der Waals surface area (Å²) in [6.07, 6.45) is 0. The molecule has 2 amide bonds. The van der Waals surface area contributed by atoms with Crippen molar-refractivity contribution < 1.29 is 19.5 Å². The van der Waals surface area contributed by atoms with Gasteiger partial charge in [0.1, 0.15) is 5.76 Å². The molecule has 7 heteroatoms. The predicted octanol–water partition coefficient (Wildman–Crippen LogP) is 4.92. The highest BCUT2D eigenvalue weighted by atomic mass is 35.5. The Morgan fingerprint density at radius 2 is 1.56 bits per heavy atom. The van der Waals surface area contributed by atoms with Gasteiger partial charge in [-0.05, 0) is 54.1 Å². The van der Waals surface area contributed by atoms with Crippen molar-refractivity contribution in [2.75, 3.05) is 10.2 Å². The van der Waals surface area contributed by atoms with Crippen molar-refractivity contribution in [3.63, 3.8) is 0 Å². The lowest BCUT2D eigenvalue weighted by molar-refractivity contribution is -0.132. The number of rotatable bonds is 4. The van der Waals surface area contributed by atoms with Crippen LogP contribution in [0.25, 0.3) is 5.76 Å². The number of halogens is 1. The highest BCUT2D eigenvalue weighted by molar-refractivity contribution is 6.51. The Morgan fingerprint density at radius 3 is 2.16 bits per heavy atom. The Bertz CT molecular complexity index is 1220. The second-order valence-corrected chi connectivity index (χ2v) is 7.75. The molecule has 4 rings (SSSR count). The van der Waals surface area contributed by atoms with E-state index in [2.05, 4.69) is 5.32 Å². The van der Waals surface area contributed by atoms with E-state index < -0.39 is 17.7 Å². The van der Waals surface area contributed by atoms with Gasteiger partial charge in [0.2, 0.25) is 5.91 Å². The van der Waals surface area contributed by atoms with Crippen molar-refractivity contribution in [1.82, 2.24) is 0 Å². The molecule has 1 aliphatic rings. The maximum Gasteiger partial charge on any atom is 0.300 e. The third kappa shape index (κ3) is 4.00. The summed E-state index contributed by atoms with van der Waals surface area (Å²) in [4.78, 5) is 38.8. The summed E-state index contributed by atoms with van der Waals surface area (Å²) in [6, 6.07) is 21.2. The molecule has 1 fully saturated rings. The van der Waals surface area contributed by atoms with Crippen LogP contribution < -0.4 is 10.2 Å². The molecular formula is C25H19ClN2O4. The van der Waals surface area contributed by atoms with Gasteiger partial charge in [0.15, 0.2) is 0 Å². The molecule has 0 aromatic heterocycles. The number of amides is 2. The predicted molar refractivity (Wildman–Crippen MR) is 123 cm³/mol. The fourth-order valence-electron chi connectivity index (χ4n) is 3.72. The second kappa shape index (κ2) is 8.69. The monoisotopic (exact) mass is 446 g/mol. The summed E-state index contributed by atoms with van der Waals surface area (Å²) in [5.41, 5.74) is 2.08. The molecule has 32 heavy (non-hydrogen) atoms. The van der Waals surface area contributed by atoms with Crippen LogP contribution in [0.1, 0.15) is 24.1 Å². The molecule has 0 saturated carbocycles. The minimum absolute atomic E-state index is 0.00513. The molecule has 0 aliphatic carbocycles. The van der Waals surface area contributed by atoms with Gasteiger partial charge in [0.25, 0.3) is 11.7 Å². The summed E-state index contributed by atoms with van der Waals surface area (Å²) in [6.45, 7) is 1.40. The molecule has 6 nitrogen and oxygen atoms in total. The molecule has 0 unspecified atom stereocenters. The number of carbonyl (C=O) groups excluding carboxylic acids is 3. The number of hydrogen-bond donors (Lipinski definition) is 2. The van der Waals surface area contributed by atoms with Crippen molar-refractivity contribution in [1.29, 1.82) is 0 Å². The molecule has 3 aromatic rings. The molecule has 1 saturated heterocycles. The summed E-state index contributed by atoms with van der Waals surface area (Å²) in [5.74, 6) is -2.02. The Labute approximate surface area is 189 Å². The van der Waals surface area contributed by atoms with Gasteiger partial charge >= 0.3 is 0 Å². The van der Waals surface area contributed by atoms with Crippen LogP contribution in [0.15, 0.2) is 84.4 Å². The van der Waals surface area contributed by atoms with E-state index in [0.717, 1.165) is 0 Å². The van der Waals surface area contributed by atoms with Crippen molar-refractivity contribution in [3.05, 3.63) is 101 Å². The topological polar surface area (TPSA) is 86.7 Å². The first-order valence-corrected chi connectivity index (χ1v) is 10.2. The van der Waals surface area contributed by atoms with Gasteiger partial charge in [0.05, 0.1) is 11.6 Å². The number of benzene rings is 3. The van der Waals surface area contributed by atoms with Crippen LogP contribution in [0.2, 0.25) is 5.02 Å². The zero-order valence-corrected chi connectivity index (χ0v) is 17.8. The third-order valence-electron chi connectivity index (χ3n) is 5.14. The van der Waals surface area contributed by atoms with Gasteiger partial charge in [0, 0.05) is 28.9 Å². The smallest absolute Gasteiger partial charge is 0.300 e. The fourth-order valence-corrected chi connectivity index (χ4v) is 3.85. The van der Waals surface area contributed by atoms with Crippen LogP contribution in [0, 0.1) is 0 Å². The van der Waals surface area contributed by atoms with Crippen LogP contribution in [0.4, 0.5) is 11.4 Å². The minimum Gasteiger partial charge on any atom is -0.507 e. The van der Waals surface area contributed by atoms with Gasteiger partial charge in [-0.25, -0.2) is 0 Å². The Morgan fingerprint density at radius 1 is 0.938 bits per heavy atom. The zero-order chi connectivity index (χ0) is 22.8. The second-order valence-electron chi connectivity index (χ2n) is 7.31. The minimum atomic E-state index is -0.821. The summed E-state index contributed by atoms with van der Waals surface area (Å²) < 4.78 is 0. The van der Waals surface area contributed by atoms with Gasteiger partial charge < -0.3 is 10.4 Å². The Hall–Kier alpha value is -3.90. The molecule has 1 atom stereocenters. The number of Topliss-reactive ketones (excluding diaryl/α,β-unsaturated/α-hetero) is 1. The average molecular weight is 447 g/mol. The standard InChI is InChI=1S/C25H19ClN2O4/c1-15(29)27-19-11-13-20(14-12-19)28-22(16-5-3-2-4-6-16)21(24(31)25(28)32)23(30)17-7-9-18(26)10-8-17/h2-14,22,30H,1H3,(H,27,29)/b23-21+/t22-/m1/s1. The van der Waals surface area contributed by atoms with Crippen LogP contribution in [-0.4, -0.2) is 22.7 Å². The maximum atomic E-state index is 13.1. The number of nitrogens with one attached hydrogen (secondary N) is 1. The lowest BCUT2D eigenvalue weighted by Crippen LogP contribution is -2.29. The molecule has 2 N–H and O–H groups in total. The van der Waals surface area contributed by atoms with Gasteiger partial charge in [-0.2, -0.15) is 0 Å². The molecule has 0 bridgehead atoms. The van der Waals surface area contributed by atoms with E-state index in [1.54, 1.807) is 72.8 Å². The number of aliphatic hydroxyl groups is 1. The van der Waals surface area contributed by atoms with Crippen LogP contribution in [0.5, 0.6) is 0 Å². The molecule has 0 spiro atoms. The van der Waals surface area contributed by atoms with Crippen LogP contribution in [0.3, 0.4) is 0 Å². The molecule has 160 valence electrons. The summed E-state index contributed by atoms with van der Waals surface area (Å²) in [7, 11) is 0. The number of anilines is 2. The lowest BCUT2D eigenvalue weighted by atomic mass is 9.95. The van der Waals surface area contributed by atoms with Crippen molar-refractivity contribution >= 4 is 46.3 Å². The van der Waals surface area contributed by atoms with E-state index in [0.29, 0.717) is 27.5 Å². The number of ketones is 1. The van der Waals surface area contributed by atoms with E-state index in [1.807, 2.05) is 6.07 Å². The number of carbonyl (C=O) groups is 3. The van der Waals surface area contributed by atoms with Crippen molar-refractivity contribution in [2.24, 2.45) is 0 Å². The maximum absolute atomic E-state index is 13.1. The van der Waals surface area contributed by atoms with Gasteiger partial charge in [-0.15, -0.1) is 0 Å². The van der Waals surface area contributed by atoms with Gasteiger partial charge in [-0.3, -0.25) is 19.3 Å². The van der Waals surface area contributed by atoms with E-state index in [4.69, 9.17) is 11.6 Å². The average Bonchev–Trinajstić information content (AvgIpc) is 3.05. The van der Waals surface area contributed by atoms with E-state index >= 15 is 0 Å². The largest absolute Gasteiger partial charge is 0.507 e. The molecule has 3 aromatic carbocycles. The quantitative estimate of drug-likeness (QED) is 0.338. The SMILES string of the molecule is CC(=O)Nc1ccc(N2C(=O)C(=O)/C(=C(/O)c3ccc(Cl)cc3)[C@H]2c2ccccc2)cc1.